The summed E-state index contributed by atoms with van der Waals surface area (Å²) in [6.45, 7) is 4.16. The first-order valence-corrected chi connectivity index (χ1v) is 14.0. The Balaban J connectivity index is 1.33. The highest BCUT2D eigenvalue weighted by molar-refractivity contribution is 5.81. The molecule has 0 aliphatic heterocycles. The van der Waals surface area contributed by atoms with Crippen LogP contribution in [0.3, 0.4) is 0 Å². The number of anilines is 6. The van der Waals surface area contributed by atoms with Gasteiger partial charge >= 0.3 is 0 Å². The molecule has 0 heterocycles. The highest BCUT2D eigenvalue weighted by atomic mass is 16.3. The van der Waals surface area contributed by atoms with Crippen molar-refractivity contribution in [2.24, 2.45) is 0 Å². The zero-order chi connectivity index (χ0) is 29.1. The third-order valence-electron chi connectivity index (χ3n) is 7.28. The lowest BCUT2D eigenvalue weighted by molar-refractivity contribution is 0.475. The summed E-state index contributed by atoms with van der Waals surface area (Å²) in [6.07, 6.45) is 0. The Morgan fingerprint density at radius 1 is 0.357 bits per heavy atom. The Bertz CT molecular complexity index is 1600. The molecular formula is C38H32N2O2. The van der Waals surface area contributed by atoms with E-state index in [4.69, 9.17) is 0 Å². The second-order valence-corrected chi connectivity index (χ2v) is 10.5. The summed E-state index contributed by atoms with van der Waals surface area (Å²) in [6, 6.07) is 48.3. The average Bonchev–Trinajstić information content (AvgIpc) is 2.99. The van der Waals surface area contributed by atoms with Crippen LogP contribution in [0.4, 0.5) is 34.1 Å². The van der Waals surface area contributed by atoms with Gasteiger partial charge in [-0.3, -0.25) is 0 Å². The fraction of sp³-hybridized carbons (Fsp3) is 0.0526. The third kappa shape index (κ3) is 5.70. The van der Waals surface area contributed by atoms with E-state index in [2.05, 4.69) is 109 Å². The van der Waals surface area contributed by atoms with E-state index in [0.29, 0.717) is 0 Å². The van der Waals surface area contributed by atoms with Crippen molar-refractivity contribution >= 4 is 34.1 Å². The highest BCUT2D eigenvalue weighted by Crippen LogP contribution is 2.39. The number of rotatable bonds is 7. The van der Waals surface area contributed by atoms with E-state index in [1.165, 1.54) is 11.1 Å². The Hall–Kier alpha value is -5.48. The molecule has 0 radical (unpaired) electrons. The number of hydrogen-bond donors (Lipinski definition) is 2. The number of aromatic hydroxyl groups is 2. The van der Waals surface area contributed by atoms with Gasteiger partial charge in [0.1, 0.15) is 11.5 Å². The highest BCUT2D eigenvalue weighted by Gasteiger charge is 2.15. The Morgan fingerprint density at radius 3 is 1.02 bits per heavy atom. The van der Waals surface area contributed by atoms with Gasteiger partial charge in [-0.2, -0.15) is 0 Å². The van der Waals surface area contributed by atoms with Crippen LogP contribution in [0.2, 0.25) is 0 Å². The van der Waals surface area contributed by atoms with Gasteiger partial charge < -0.3 is 20.0 Å². The van der Waals surface area contributed by atoms with Crippen molar-refractivity contribution < 1.29 is 10.2 Å². The van der Waals surface area contributed by atoms with Crippen LogP contribution in [-0.4, -0.2) is 10.2 Å². The van der Waals surface area contributed by atoms with Gasteiger partial charge in [0, 0.05) is 46.3 Å². The summed E-state index contributed by atoms with van der Waals surface area (Å²) >= 11 is 0. The zero-order valence-electron chi connectivity index (χ0n) is 23.6. The predicted octanol–water partition coefficient (Wildman–Crippen LogP) is 10.3. The molecule has 6 aromatic carbocycles. The van der Waals surface area contributed by atoms with Crippen LogP contribution in [0.5, 0.6) is 11.5 Å². The summed E-state index contributed by atoms with van der Waals surface area (Å²) in [4.78, 5) is 4.29. The van der Waals surface area contributed by atoms with Crippen molar-refractivity contribution in [1.82, 2.24) is 0 Å². The van der Waals surface area contributed by atoms with Crippen LogP contribution in [-0.2, 0) is 0 Å². The van der Waals surface area contributed by atoms with Crippen LogP contribution < -0.4 is 9.80 Å². The Labute approximate surface area is 247 Å². The molecule has 4 heteroatoms. The summed E-state index contributed by atoms with van der Waals surface area (Å²) in [5.41, 5.74) is 10.4. The van der Waals surface area contributed by atoms with Gasteiger partial charge in [0.15, 0.2) is 0 Å². The number of phenolic OH excluding ortho intramolecular Hbond substituents is 2. The van der Waals surface area contributed by atoms with Gasteiger partial charge in [0.05, 0.1) is 0 Å². The molecule has 6 rings (SSSR count). The normalized spacial score (nSPS) is 10.8. The molecule has 206 valence electrons. The Kier molecular flexibility index (Phi) is 7.35. The van der Waals surface area contributed by atoms with Crippen molar-refractivity contribution in [3.8, 4) is 22.6 Å². The molecule has 0 bridgehead atoms. The van der Waals surface area contributed by atoms with Gasteiger partial charge in [0.2, 0.25) is 0 Å². The standard InChI is InChI=1S/C38H32N2O2/c1-27-7-3-9-33(23-27)39(35-11-5-13-37(41)25-35)31-19-15-29(16-20-31)30-17-21-32(22-18-30)40(34-10-4-8-28(2)24-34)36-12-6-14-38(42)26-36/h3-26,41-42H,1-2H3. The van der Waals surface area contributed by atoms with Gasteiger partial charge in [-0.1, -0.05) is 60.7 Å². The summed E-state index contributed by atoms with van der Waals surface area (Å²) in [5.74, 6) is 0.458. The predicted molar refractivity (Wildman–Crippen MR) is 174 cm³/mol. The van der Waals surface area contributed by atoms with E-state index in [1.54, 1.807) is 24.3 Å². The molecule has 2 N–H and O–H groups in total. The van der Waals surface area contributed by atoms with Crippen LogP contribution in [0, 0.1) is 13.8 Å². The molecule has 0 aliphatic rings. The molecule has 0 aliphatic carbocycles. The maximum atomic E-state index is 10.2. The second-order valence-electron chi connectivity index (χ2n) is 10.5. The van der Waals surface area contributed by atoms with Gasteiger partial charge in [-0.05, 0) is 109 Å². The molecule has 0 spiro atoms. The summed E-state index contributed by atoms with van der Waals surface area (Å²) in [7, 11) is 0. The number of phenols is 2. The molecule has 0 amide bonds. The molecule has 0 aromatic heterocycles. The Morgan fingerprint density at radius 2 is 0.690 bits per heavy atom. The van der Waals surface area contributed by atoms with Crippen molar-refractivity contribution in [2.45, 2.75) is 13.8 Å². The monoisotopic (exact) mass is 548 g/mol. The smallest absolute Gasteiger partial charge is 0.117 e. The fourth-order valence-electron chi connectivity index (χ4n) is 5.30. The fourth-order valence-corrected chi connectivity index (χ4v) is 5.30. The van der Waals surface area contributed by atoms with E-state index < -0.39 is 0 Å². The van der Waals surface area contributed by atoms with Crippen molar-refractivity contribution in [1.29, 1.82) is 0 Å². The molecule has 0 fully saturated rings. The molecule has 0 unspecified atom stereocenters. The van der Waals surface area contributed by atoms with E-state index in [9.17, 15) is 10.2 Å². The first-order valence-electron chi connectivity index (χ1n) is 14.0. The zero-order valence-corrected chi connectivity index (χ0v) is 23.6. The number of aryl methyl sites for hydroxylation is 2. The molecular weight excluding hydrogens is 516 g/mol. The van der Waals surface area contributed by atoms with E-state index in [0.717, 1.165) is 45.3 Å². The van der Waals surface area contributed by atoms with Crippen LogP contribution in [0.15, 0.2) is 146 Å². The van der Waals surface area contributed by atoms with Gasteiger partial charge in [0.25, 0.3) is 0 Å². The number of benzene rings is 6. The van der Waals surface area contributed by atoms with Crippen LogP contribution in [0.1, 0.15) is 11.1 Å². The third-order valence-corrected chi connectivity index (χ3v) is 7.28. The van der Waals surface area contributed by atoms with Gasteiger partial charge in [-0.25, -0.2) is 0 Å². The SMILES string of the molecule is Cc1cccc(N(c2ccc(-c3ccc(N(c4cccc(C)c4)c4cccc(O)c4)cc3)cc2)c2cccc(O)c2)c1. The topological polar surface area (TPSA) is 46.9 Å². The first kappa shape index (κ1) is 26.7. The van der Waals surface area contributed by atoms with E-state index >= 15 is 0 Å². The molecule has 0 saturated heterocycles. The van der Waals surface area contributed by atoms with E-state index in [1.807, 2.05) is 36.4 Å². The van der Waals surface area contributed by atoms with Crippen LogP contribution in [0.25, 0.3) is 11.1 Å². The number of hydrogen-bond acceptors (Lipinski definition) is 4. The minimum Gasteiger partial charge on any atom is -0.508 e. The average molecular weight is 549 g/mol. The molecule has 42 heavy (non-hydrogen) atoms. The summed E-state index contributed by atoms with van der Waals surface area (Å²) in [5, 5.41) is 20.4. The maximum Gasteiger partial charge on any atom is 0.117 e. The van der Waals surface area contributed by atoms with Crippen LogP contribution >= 0.6 is 0 Å². The lowest BCUT2D eigenvalue weighted by Crippen LogP contribution is -2.10. The minimum atomic E-state index is 0.229. The minimum absolute atomic E-state index is 0.229. The quantitative estimate of drug-likeness (QED) is 0.208. The molecule has 6 aromatic rings. The van der Waals surface area contributed by atoms with Crippen molar-refractivity contribution in [2.75, 3.05) is 9.80 Å². The van der Waals surface area contributed by atoms with Crippen molar-refractivity contribution in [3.63, 3.8) is 0 Å². The van der Waals surface area contributed by atoms with E-state index in [-0.39, 0.29) is 11.5 Å². The molecule has 0 saturated carbocycles. The second kappa shape index (κ2) is 11.6. The number of nitrogens with zero attached hydrogens (tertiary/aromatic N) is 2. The van der Waals surface area contributed by atoms with Crippen molar-refractivity contribution in [3.05, 3.63) is 157 Å². The lowest BCUT2D eigenvalue weighted by Gasteiger charge is -2.26. The maximum absolute atomic E-state index is 10.2. The molecule has 0 atom stereocenters. The lowest BCUT2D eigenvalue weighted by atomic mass is 10.0. The largest absolute Gasteiger partial charge is 0.508 e. The van der Waals surface area contributed by atoms with Gasteiger partial charge in [-0.15, -0.1) is 0 Å². The molecule has 4 nitrogen and oxygen atoms in total. The summed E-state index contributed by atoms with van der Waals surface area (Å²) < 4.78 is 0. The first-order chi connectivity index (χ1) is 20.4.